The summed E-state index contributed by atoms with van der Waals surface area (Å²) in [5.41, 5.74) is 0.444. The van der Waals surface area contributed by atoms with E-state index in [1.807, 2.05) is 58.0 Å². The van der Waals surface area contributed by atoms with Crippen LogP contribution in [-0.2, 0) is 15.7 Å². The van der Waals surface area contributed by atoms with E-state index in [2.05, 4.69) is 33.9 Å². The number of benzene rings is 1. The minimum absolute atomic E-state index is 0.0639. The standard InChI is InChI=1S/C24H42N2O4Si/c1-18(26(28)16-19-13-11-10-12-14-19)21-15-20(30-31(8,9)24(5,6)7)17-25(21)22(27)29-23(2,3)4/h10-14,18,20-21,28H,15-17H2,1-9H3/t18-,20?,21-/m0/s1. The van der Waals surface area contributed by atoms with Gasteiger partial charge in [-0.05, 0) is 57.8 Å². The van der Waals surface area contributed by atoms with Gasteiger partial charge in [0, 0.05) is 13.1 Å². The minimum atomic E-state index is -1.99. The fourth-order valence-electron chi connectivity index (χ4n) is 3.61. The van der Waals surface area contributed by atoms with Crippen molar-refractivity contribution in [1.82, 2.24) is 9.96 Å². The number of hydrogen-bond donors (Lipinski definition) is 1. The second kappa shape index (κ2) is 9.61. The van der Waals surface area contributed by atoms with E-state index in [4.69, 9.17) is 9.16 Å². The zero-order valence-corrected chi connectivity index (χ0v) is 21.8. The molecule has 1 aromatic rings. The van der Waals surface area contributed by atoms with Crippen LogP contribution in [0.25, 0.3) is 0 Å². The molecule has 0 aliphatic carbocycles. The lowest BCUT2D eigenvalue weighted by Gasteiger charge is -2.38. The predicted octanol–water partition coefficient (Wildman–Crippen LogP) is 5.67. The van der Waals surface area contributed by atoms with Crippen molar-refractivity contribution in [3.63, 3.8) is 0 Å². The van der Waals surface area contributed by atoms with Gasteiger partial charge < -0.3 is 19.3 Å². The SMILES string of the molecule is C[C@@H]([C@@H]1CC(O[Si](C)(C)C(C)(C)C)CN1C(=O)OC(C)(C)C)N(O)Cc1ccccc1. The molecule has 1 aromatic carbocycles. The Balaban J connectivity index is 2.20. The first-order valence-electron chi connectivity index (χ1n) is 11.3. The Bertz CT molecular complexity index is 727. The van der Waals surface area contributed by atoms with Crippen LogP contribution in [0.2, 0.25) is 18.1 Å². The lowest BCUT2D eigenvalue weighted by atomic mass is 10.1. The molecule has 1 saturated heterocycles. The predicted molar refractivity (Wildman–Crippen MR) is 127 cm³/mol. The summed E-state index contributed by atoms with van der Waals surface area (Å²) >= 11 is 0. The molecule has 1 aliphatic heterocycles. The van der Waals surface area contributed by atoms with Crippen LogP contribution in [0, 0.1) is 0 Å². The molecule has 31 heavy (non-hydrogen) atoms. The number of hydrogen-bond acceptors (Lipinski definition) is 5. The summed E-state index contributed by atoms with van der Waals surface area (Å²) in [5.74, 6) is 0. The Kier molecular flexibility index (Phi) is 8.01. The van der Waals surface area contributed by atoms with E-state index < -0.39 is 13.9 Å². The second-order valence-corrected chi connectivity index (χ2v) is 16.0. The Morgan fingerprint density at radius 1 is 1.19 bits per heavy atom. The molecule has 0 bridgehead atoms. The van der Waals surface area contributed by atoms with Crippen molar-refractivity contribution in [3.8, 4) is 0 Å². The van der Waals surface area contributed by atoms with Crippen LogP contribution < -0.4 is 0 Å². The largest absolute Gasteiger partial charge is 0.444 e. The molecule has 1 unspecified atom stereocenters. The third kappa shape index (κ3) is 7.04. The summed E-state index contributed by atoms with van der Waals surface area (Å²) < 4.78 is 12.3. The highest BCUT2D eigenvalue weighted by atomic mass is 28.4. The third-order valence-electron chi connectivity index (χ3n) is 6.41. The van der Waals surface area contributed by atoms with E-state index in [1.54, 1.807) is 4.90 Å². The van der Waals surface area contributed by atoms with Crippen LogP contribution in [0.5, 0.6) is 0 Å². The Hall–Kier alpha value is -1.41. The topological polar surface area (TPSA) is 62.2 Å². The summed E-state index contributed by atoms with van der Waals surface area (Å²) in [4.78, 5) is 14.8. The average molecular weight is 451 g/mol. The molecule has 7 heteroatoms. The van der Waals surface area contributed by atoms with E-state index >= 15 is 0 Å². The molecule has 1 aliphatic rings. The Morgan fingerprint density at radius 2 is 1.77 bits per heavy atom. The number of hydroxylamine groups is 2. The number of carbonyl (C=O) groups is 1. The molecule has 6 nitrogen and oxygen atoms in total. The van der Waals surface area contributed by atoms with Crippen LogP contribution >= 0.6 is 0 Å². The van der Waals surface area contributed by atoms with E-state index in [1.165, 1.54) is 5.06 Å². The molecule has 1 heterocycles. The average Bonchev–Trinajstić information content (AvgIpc) is 3.02. The molecule has 1 amide bonds. The molecular formula is C24H42N2O4Si. The van der Waals surface area contributed by atoms with Crippen LogP contribution in [-0.4, -0.2) is 59.9 Å². The zero-order chi connectivity index (χ0) is 23.6. The lowest BCUT2D eigenvalue weighted by molar-refractivity contribution is -0.145. The van der Waals surface area contributed by atoms with Gasteiger partial charge in [-0.25, -0.2) is 4.79 Å². The number of likely N-dealkylation sites (tertiary alicyclic amines) is 1. The van der Waals surface area contributed by atoms with Crippen molar-refractivity contribution in [2.75, 3.05) is 6.54 Å². The van der Waals surface area contributed by atoms with Crippen molar-refractivity contribution in [2.24, 2.45) is 0 Å². The highest BCUT2D eigenvalue weighted by molar-refractivity contribution is 6.74. The smallest absolute Gasteiger partial charge is 0.410 e. The molecule has 3 atom stereocenters. The molecule has 0 aromatic heterocycles. The number of ether oxygens (including phenoxy) is 1. The minimum Gasteiger partial charge on any atom is -0.444 e. The lowest BCUT2D eigenvalue weighted by Crippen LogP contribution is -2.49. The molecule has 0 spiro atoms. The van der Waals surface area contributed by atoms with Crippen LogP contribution in [0.1, 0.15) is 60.5 Å². The van der Waals surface area contributed by atoms with E-state index in [-0.39, 0.29) is 29.3 Å². The maximum Gasteiger partial charge on any atom is 0.410 e. The molecule has 0 radical (unpaired) electrons. The molecule has 1 N–H and O–H groups in total. The van der Waals surface area contributed by atoms with E-state index in [9.17, 15) is 10.0 Å². The van der Waals surface area contributed by atoms with Crippen molar-refractivity contribution in [1.29, 1.82) is 0 Å². The first-order chi connectivity index (χ1) is 14.1. The number of carbonyl (C=O) groups excluding carboxylic acids is 1. The van der Waals surface area contributed by atoms with Gasteiger partial charge in [-0.15, -0.1) is 0 Å². The quantitative estimate of drug-likeness (QED) is 0.447. The van der Waals surface area contributed by atoms with Crippen molar-refractivity contribution in [2.45, 2.75) is 103 Å². The Morgan fingerprint density at radius 3 is 2.29 bits per heavy atom. The number of rotatable bonds is 6. The maximum atomic E-state index is 13.0. The summed E-state index contributed by atoms with van der Waals surface area (Å²) in [6.45, 7) is 19.6. The fourth-order valence-corrected chi connectivity index (χ4v) is 4.96. The van der Waals surface area contributed by atoms with Crippen LogP contribution in [0.15, 0.2) is 30.3 Å². The maximum absolute atomic E-state index is 13.0. The second-order valence-electron chi connectivity index (χ2n) is 11.3. The summed E-state index contributed by atoms with van der Waals surface area (Å²) in [5, 5.41) is 12.2. The van der Waals surface area contributed by atoms with Crippen molar-refractivity contribution < 1.29 is 19.2 Å². The summed E-state index contributed by atoms with van der Waals surface area (Å²) in [7, 11) is -1.99. The van der Waals surface area contributed by atoms with Gasteiger partial charge in [-0.2, -0.15) is 5.06 Å². The highest BCUT2D eigenvalue weighted by Gasteiger charge is 2.46. The number of nitrogens with zero attached hydrogens (tertiary/aromatic N) is 2. The van der Waals surface area contributed by atoms with Gasteiger partial charge in [0.1, 0.15) is 5.60 Å². The highest BCUT2D eigenvalue weighted by Crippen LogP contribution is 2.39. The van der Waals surface area contributed by atoms with Gasteiger partial charge in [0.05, 0.1) is 18.2 Å². The monoisotopic (exact) mass is 450 g/mol. The van der Waals surface area contributed by atoms with Crippen LogP contribution in [0.4, 0.5) is 4.79 Å². The first-order valence-corrected chi connectivity index (χ1v) is 14.2. The van der Waals surface area contributed by atoms with Crippen molar-refractivity contribution >= 4 is 14.4 Å². The van der Waals surface area contributed by atoms with Gasteiger partial charge >= 0.3 is 6.09 Å². The molecular weight excluding hydrogens is 408 g/mol. The van der Waals surface area contributed by atoms with Gasteiger partial charge in [-0.1, -0.05) is 51.1 Å². The third-order valence-corrected chi connectivity index (χ3v) is 10.9. The van der Waals surface area contributed by atoms with E-state index in [0.717, 1.165) is 5.56 Å². The number of amides is 1. The molecule has 0 saturated carbocycles. The van der Waals surface area contributed by atoms with Gasteiger partial charge in [0.2, 0.25) is 0 Å². The molecule has 2 rings (SSSR count). The summed E-state index contributed by atoms with van der Waals surface area (Å²) in [6, 6.07) is 9.38. The van der Waals surface area contributed by atoms with E-state index in [0.29, 0.717) is 19.5 Å². The normalized spacial score (nSPS) is 21.5. The van der Waals surface area contributed by atoms with Gasteiger partial charge in [-0.3, -0.25) is 0 Å². The molecule has 1 fully saturated rings. The van der Waals surface area contributed by atoms with Gasteiger partial charge in [0.15, 0.2) is 8.32 Å². The first kappa shape index (κ1) is 25.8. The Labute approximate surface area is 189 Å². The van der Waals surface area contributed by atoms with Crippen LogP contribution in [0.3, 0.4) is 0 Å². The molecule has 176 valence electrons. The zero-order valence-electron chi connectivity index (χ0n) is 20.8. The fraction of sp³-hybridized carbons (Fsp3) is 0.708. The van der Waals surface area contributed by atoms with Gasteiger partial charge in [0.25, 0.3) is 0 Å². The van der Waals surface area contributed by atoms with Crippen molar-refractivity contribution in [3.05, 3.63) is 35.9 Å². The summed E-state index contributed by atoms with van der Waals surface area (Å²) in [6.07, 6.45) is 0.267.